The van der Waals surface area contributed by atoms with Crippen LogP contribution in [-0.4, -0.2) is 14.2 Å². The fourth-order valence-electron chi connectivity index (χ4n) is 1.89. The predicted octanol–water partition coefficient (Wildman–Crippen LogP) is 5.28. The molecule has 0 amide bonds. The number of hydrogen-bond acceptors (Lipinski definition) is 3. The third-order valence-electron chi connectivity index (χ3n) is 2.96. The van der Waals surface area contributed by atoms with Crippen LogP contribution in [0, 0.1) is 0 Å². The fraction of sp³-hybridized carbons (Fsp3) is 0.200. The van der Waals surface area contributed by atoms with Crippen LogP contribution in [0.15, 0.2) is 30.3 Å². The number of benzene rings is 2. The van der Waals surface area contributed by atoms with Crippen molar-refractivity contribution in [2.75, 3.05) is 19.5 Å². The van der Waals surface area contributed by atoms with Crippen LogP contribution in [0.25, 0.3) is 0 Å². The zero-order valence-corrected chi connectivity index (χ0v) is 13.8. The van der Waals surface area contributed by atoms with Gasteiger partial charge in [0.15, 0.2) is 11.5 Å². The summed E-state index contributed by atoms with van der Waals surface area (Å²) < 4.78 is 10.5. The first kappa shape index (κ1) is 16.1. The number of rotatable bonds is 5. The van der Waals surface area contributed by atoms with Crippen LogP contribution in [0.2, 0.25) is 15.1 Å². The van der Waals surface area contributed by atoms with Gasteiger partial charge in [-0.05, 0) is 29.8 Å². The third-order valence-corrected chi connectivity index (χ3v) is 3.94. The number of nitrogens with one attached hydrogen (secondary N) is 1. The normalized spacial score (nSPS) is 10.3. The summed E-state index contributed by atoms with van der Waals surface area (Å²) in [6, 6.07) is 8.91. The predicted molar refractivity (Wildman–Crippen MR) is 88.3 cm³/mol. The second-order valence-corrected chi connectivity index (χ2v) is 5.47. The lowest BCUT2D eigenvalue weighted by Crippen LogP contribution is -2.02. The van der Waals surface area contributed by atoms with Gasteiger partial charge in [0, 0.05) is 11.6 Å². The van der Waals surface area contributed by atoms with E-state index < -0.39 is 0 Å². The summed E-state index contributed by atoms with van der Waals surface area (Å²) in [5, 5.41) is 4.91. The first-order chi connectivity index (χ1) is 10.1. The highest BCUT2D eigenvalue weighted by atomic mass is 35.5. The lowest BCUT2D eigenvalue weighted by molar-refractivity contribution is 0.355. The Kier molecular flexibility index (Phi) is 5.45. The highest BCUT2D eigenvalue weighted by molar-refractivity contribution is 6.35. The summed E-state index contributed by atoms with van der Waals surface area (Å²) in [4.78, 5) is 0. The van der Waals surface area contributed by atoms with Gasteiger partial charge in [-0.25, -0.2) is 0 Å². The Morgan fingerprint density at radius 1 is 1.00 bits per heavy atom. The van der Waals surface area contributed by atoms with Crippen LogP contribution in [0.3, 0.4) is 0 Å². The fourth-order valence-corrected chi connectivity index (χ4v) is 2.55. The van der Waals surface area contributed by atoms with Gasteiger partial charge < -0.3 is 14.8 Å². The van der Waals surface area contributed by atoms with E-state index in [4.69, 9.17) is 44.3 Å². The molecular formula is C15H14Cl3NO2. The Morgan fingerprint density at radius 3 is 2.43 bits per heavy atom. The molecule has 0 bridgehead atoms. The molecule has 0 radical (unpaired) electrons. The van der Waals surface area contributed by atoms with E-state index >= 15 is 0 Å². The largest absolute Gasteiger partial charge is 0.493 e. The molecule has 2 aromatic carbocycles. The van der Waals surface area contributed by atoms with E-state index in [-0.39, 0.29) is 0 Å². The van der Waals surface area contributed by atoms with Crippen molar-refractivity contribution in [3.05, 3.63) is 51.0 Å². The van der Waals surface area contributed by atoms with Gasteiger partial charge >= 0.3 is 0 Å². The molecule has 0 aliphatic rings. The molecule has 0 aliphatic heterocycles. The second kappa shape index (κ2) is 7.12. The van der Waals surface area contributed by atoms with Gasteiger partial charge in [-0.1, -0.05) is 40.9 Å². The highest BCUT2D eigenvalue weighted by Crippen LogP contribution is 2.37. The SMILES string of the molecule is COc1ccc(CNc2cc(Cl)ccc2Cl)c(Cl)c1OC. The number of hydrogen-bond donors (Lipinski definition) is 1. The van der Waals surface area contributed by atoms with Gasteiger partial charge in [-0.15, -0.1) is 0 Å². The van der Waals surface area contributed by atoms with E-state index in [9.17, 15) is 0 Å². The lowest BCUT2D eigenvalue weighted by atomic mass is 10.2. The molecule has 2 rings (SSSR count). The summed E-state index contributed by atoms with van der Waals surface area (Å²) in [5.74, 6) is 1.10. The highest BCUT2D eigenvalue weighted by Gasteiger charge is 2.13. The van der Waals surface area contributed by atoms with Crippen molar-refractivity contribution < 1.29 is 9.47 Å². The molecule has 0 aliphatic carbocycles. The van der Waals surface area contributed by atoms with Crippen LogP contribution < -0.4 is 14.8 Å². The average molecular weight is 347 g/mol. The van der Waals surface area contributed by atoms with Gasteiger partial charge in [0.2, 0.25) is 0 Å². The van der Waals surface area contributed by atoms with Crippen LogP contribution in [-0.2, 0) is 6.54 Å². The van der Waals surface area contributed by atoms with Crippen molar-refractivity contribution >= 4 is 40.5 Å². The molecule has 0 aromatic heterocycles. The topological polar surface area (TPSA) is 30.5 Å². The summed E-state index contributed by atoms with van der Waals surface area (Å²) in [6.07, 6.45) is 0. The molecule has 2 aromatic rings. The number of methoxy groups -OCH3 is 2. The maximum absolute atomic E-state index is 6.33. The molecule has 6 heteroatoms. The lowest BCUT2D eigenvalue weighted by Gasteiger charge is -2.14. The number of ether oxygens (including phenoxy) is 2. The van der Waals surface area contributed by atoms with Crippen molar-refractivity contribution in [3.63, 3.8) is 0 Å². The van der Waals surface area contributed by atoms with Crippen LogP contribution in [0.1, 0.15) is 5.56 Å². The Labute approximate surface area is 138 Å². The molecule has 0 atom stereocenters. The van der Waals surface area contributed by atoms with Gasteiger partial charge in [0.1, 0.15) is 0 Å². The monoisotopic (exact) mass is 345 g/mol. The van der Waals surface area contributed by atoms with E-state index in [0.29, 0.717) is 33.1 Å². The maximum atomic E-state index is 6.33. The Bertz CT molecular complexity index is 647. The molecule has 0 saturated carbocycles. The molecule has 112 valence electrons. The zero-order valence-electron chi connectivity index (χ0n) is 11.5. The molecule has 1 N–H and O–H groups in total. The van der Waals surface area contributed by atoms with E-state index in [0.717, 1.165) is 11.3 Å². The van der Waals surface area contributed by atoms with Crippen molar-refractivity contribution in [3.8, 4) is 11.5 Å². The van der Waals surface area contributed by atoms with Crippen molar-refractivity contribution in [1.82, 2.24) is 0 Å². The maximum Gasteiger partial charge on any atom is 0.179 e. The minimum Gasteiger partial charge on any atom is -0.493 e. The van der Waals surface area contributed by atoms with Gasteiger partial charge in [0.25, 0.3) is 0 Å². The minimum atomic E-state index is 0.485. The summed E-state index contributed by atoms with van der Waals surface area (Å²) in [7, 11) is 3.12. The van der Waals surface area contributed by atoms with Gasteiger partial charge in [0.05, 0.1) is 30.0 Å². The van der Waals surface area contributed by atoms with Crippen LogP contribution in [0.5, 0.6) is 11.5 Å². The molecule has 0 fully saturated rings. The molecule has 0 spiro atoms. The molecular weight excluding hydrogens is 333 g/mol. The van der Waals surface area contributed by atoms with Crippen LogP contribution >= 0.6 is 34.8 Å². The van der Waals surface area contributed by atoms with Crippen molar-refractivity contribution in [2.45, 2.75) is 6.54 Å². The molecule has 0 unspecified atom stereocenters. The summed E-state index contributed by atoms with van der Waals surface area (Å²) >= 11 is 18.4. The Morgan fingerprint density at radius 2 is 1.76 bits per heavy atom. The second-order valence-electron chi connectivity index (χ2n) is 4.25. The average Bonchev–Trinajstić information content (AvgIpc) is 2.48. The molecule has 0 saturated heterocycles. The third kappa shape index (κ3) is 3.67. The van der Waals surface area contributed by atoms with Gasteiger partial charge in [-0.3, -0.25) is 0 Å². The van der Waals surface area contributed by atoms with E-state index in [2.05, 4.69) is 5.32 Å². The first-order valence-corrected chi connectivity index (χ1v) is 7.28. The first-order valence-electron chi connectivity index (χ1n) is 6.15. The van der Waals surface area contributed by atoms with E-state index in [1.165, 1.54) is 0 Å². The Hall–Kier alpha value is -1.29. The summed E-state index contributed by atoms with van der Waals surface area (Å²) in [6.45, 7) is 0.485. The van der Waals surface area contributed by atoms with Crippen molar-refractivity contribution in [2.24, 2.45) is 0 Å². The Balaban J connectivity index is 2.22. The van der Waals surface area contributed by atoms with Crippen molar-refractivity contribution in [1.29, 1.82) is 0 Å². The number of anilines is 1. The molecule has 3 nitrogen and oxygen atoms in total. The van der Waals surface area contributed by atoms with E-state index in [1.54, 1.807) is 38.5 Å². The smallest absolute Gasteiger partial charge is 0.179 e. The van der Waals surface area contributed by atoms with Crippen LogP contribution in [0.4, 0.5) is 5.69 Å². The molecule has 0 heterocycles. The summed E-state index contributed by atoms with van der Waals surface area (Å²) in [5.41, 5.74) is 1.61. The zero-order chi connectivity index (χ0) is 15.4. The quantitative estimate of drug-likeness (QED) is 0.799. The number of halogens is 3. The standard InChI is InChI=1S/C15H14Cl3NO2/c1-20-13-6-3-9(14(18)15(13)21-2)8-19-12-7-10(16)4-5-11(12)17/h3-7,19H,8H2,1-2H3. The van der Waals surface area contributed by atoms with E-state index in [1.807, 2.05) is 6.07 Å². The van der Waals surface area contributed by atoms with Gasteiger partial charge in [-0.2, -0.15) is 0 Å². The molecule has 21 heavy (non-hydrogen) atoms. The minimum absolute atomic E-state index is 0.485.